The molecule has 2 rings (SSSR count). The number of halogens is 3. The highest BCUT2D eigenvalue weighted by Gasteiger charge is 2.29. The van der Waals surface area contributed by atoms with E-state index in [-0.39, 0.29) is 0 Å². The van der Waals surface area contributed by atoms with Gasteiger partial charge in [-0.2, -0.15) is 13.2 Å². The molecule has 0 amide bonds. The monoisotopic (exact) mass is 280 g/mol. The lowest BCUT2D eigenvalue weighted by molar-refractivity contribution is -0.137. The summed E-state index contributed by atoms with van der Waals surface area (Å²) in [5.74, 6) is 0. The van der Waals surface area contributed by atoms with Gasteiger partial charge in [0.05, 0.1) is 5.56 Å². The van der Waals surface area contributed by atoms with E-state index in [9.17, 15) is 13.2 Å². The molecule has 0 bridgehead atoms. The molecule has 1 heterocycles. The average molecular weight is 280 g/mol. The zero-order chi connectivity index (χ0) is 14.6. The van der Waals surface area contributed by atoms with Crippen molar-refractivity contribution in [2.45, 2.75) is 26.2 Å². The molecule has 0 atom stereocenters. The molecule has 0 radical (unpaired) electrons. The minimum atomic E-state index is -4.28. The Labute approximate surface area is 115 Å². The molecular weight excluding hydrogens is 265 g/mol. The molecule has 1 N–H and O–H groups in total. The molecule has 2 aromatic rings. The van der Waals surface area contributed by atoms with Crippen molar-refractivity contribution >= 4 is 0 Å². The molecule has 1 aromatic heterocycles. The molecular formula is C15H15F3N2. The van der Waals surface area contributed by atoms with Crippen molar-refractivity contribution in [1.29, 1.82) is 0 Å². The molecule has 0 aliphatic carbocycles. The van der Waals surface area contributed by atoms with E-state index in [1.165, 1.54) is 12.1 Å². The van der Waals surface area contributed by atoms with Crippen LogP contribution in [-0.4, -0.2) is 4.98 Å². The van der Waals surface area contributed by atoms with Crippen molar-refractivity contribution in [3.63, 3.8) is 0 Å². The Morgan fingerprint density at radius 2 is 1.75 bits per heavy atom. The van der Waals surface area contributed by atoms with E-state index in [0.717, 1.165) is 28.8 Å². The molecule has 2 nitrogen and oxygen atoms in total. The molecule has 0 fully saturated rings. The van der Waals surface area contributed by atoms with Crippen LogP contribution in [0.1, 0.15) is 22.3 Å². The smallest absolute Gasteiger partial charge is 0.309 e. The van der Waals surface area contributed by atoms with Gasteiger partial charge < -0.3 is 5.32 Å². The van der Waals surface area contributed by atoms with E-state index < -0.39 is 11.7 Å². The van der Waals surface area contributed by atoms with Crippen molar-refractivity contribution < 1.29 is 13.2 Å². The largest absolute Gasteiger partial charge is 0.416 e. The highest BCUT2D eigenvalue weighted by molar-refractivity contribution is 5.25. The van der Waals surface area contributed by atoms with E-state index in [4.69, 9.17) is 0 Å². The Balaban J connectivity index is 1.90. The third-order valence-corrected chi connectivity index (χ3v) is 3.06. The van der Waals surface area contributed by atoms with Crippen LogP contribution in [0.25, 0.3) is 0 Å². The Morgan fingerprint density at radius 1 is 1.05 bits per heavy atom. The van der Waals surface area contributed by atoms with E-state index in [2.05, 4.69) is 10.3 Å². The van der Waals surface area contributed by atoms with Gasteiger partial charge in [-0.05, 0) is 41.8 Å². The molecule has 1 aromatic carbocycles. The number of pyridine rings is 1. The number of rotatable bonds is 4. The highest BCUT2D eigenvalue weighted by Crippen LogP contribution is 2.29. The summed E-state index contributed by atoms with van der Waals surface area (Å²) in [5.41, 5.74) is 2.43. The Bertz CT molecular complexity index is 562. The van der Waals surface area contributed by atoms with Crippen molar-refractivity contribution in [3.05, 3.63) is 65.0 Å². The van der Waals surface area contributed by atoms with Gasteiger partial charge >= 0.3 is 6.18 Å². The van der Waals surface area contributed by atoms with Crippen LogP contribution < -0.4 is 5.32 Å². The van der Waals surface area contributed by atoms with Gasteiger partial charge in [0.15, 0.2) is 0 Å². The third kappa shape index (κ3) is 3.81. The van der Waals surface area contributed by atoms with Crippen molar-refractivity contribution in [3.8, 4) is 0 Å². The third-order valence-electron chi connectivity index (χ3n) is 3.06. The normalized spacial score (nSPS) is 11.6. The highest BCUT2D eigenvalue weighted by atomic mass is 19.4. The molecule has 0 saturated carbocycles. The molecule has 0 spiro atoms. The first kappa shape index (κ1) is 14.5. The summed E-state index contributed by atoms with van der Waals surface area (Å²) < 4.78 is 37.2. The van der Waals surface area contributed by atoms with Crippen molar-refractivity contribution in [2.75, 3.05) is 0 Å². The zero-order valence-electron chi connectivity index (χ0n) is 11.0. The van der Waals surface area contributed by atoms with Crippen LogP contribution in [0.2, 0.25) is 0 Å². The van der Waals surface area contributed by atoms with Gasteiger partial charge in [0, 0.05) is 25.5 Å². The maximum Gasteiger partial charge on any atom is 0.416 e. The van der Waals surface area contributed by atoms with Gasteiger partial charge in [-0.15, -0.1) is 0 Å². The van der Waals surface area contributed by atoms with Gasteiger partial charge in [0.1, 0.15) is 0 Å². The molecule has 0 unspecified atom stereocenters. The Kier molecular flexibility index (Phi) is 4.39. The SMILES string of the molecule is Cc1cnccc1CNCc1ccc(C(F)(F)F)cc1. The number of alkyl halides is 3. The second-order valence-electron chi connectivity index (χ2n) is 4.60. The quantitative estimate of drug-likeness (QED) is 0.923. The maximum atomic E-state index is 12.4. The molecule has 5 heteroatoms. The Hall–Kier alpha value is -1.88. The first-order valence-corrected chi connectivity index (χ1v) is 6.23. The minimum Gasteiger partial charge on any atom is -0.309 e. The minimum absolute atomic E-state index is 0.528. The maximum absolute atomic E-state index is 12.4. The van der Waals surface area contributed by atoms with Gasteiger partial charge in [0.2, 0.25) is 0 Å². The second-order valence-corrected chi connectivity index (χ2v) is 4.60. The number of aryl methyl sites for hydroxylation is 1. The van der Waals surface area contributed by atoms with Crippen LogP contribution in [0.5, 0.6) is 0 Å². The average Bonchev–Trinajstić information content (AvgIpc) is 2.40. The fraction of sp³-hybridized carbons (Fsp3) is 0.267. The van der Waals surface area contributed by atoms with Crippen molar-refractivity contribution in [2.24, 2.45) is 0 Å². The topological polar surface area (TPSA) is 24.9 Å². The molecule has 0 aliphatic rings. The number of hydrogen-bond donors (Lipinski definition) is 1. The fourth-order valence-corrected chi connectivity index (χ4v) is 1.85. The molecule has 0 saturated heterocycles. The van der Waals surface area contributed by atoms with Gasteiger partial charge in [-0.1, -0.05) is 12.1 Å². The predicted molar refractivity (Wildman–Crippen MR) is 71.0 cm³/mol. The van der Waals surface area contributed by atoms with E-state index in [0.29, 0.717) is 13.1 Å². The lowest BCUT2D eigenvalue weighted by Crippen LogP contribution is -2.14. The summed E-state index contributed by atoms with van der Waals surface area (Å²) >= 11 is 0. The predicted octanol–water partition coefficient (Wildman–Crippen LogP) is 3.70. The molecule has 0 aliphatic heterocycles. The second kappa shape index (κ2) is 6.05. The number of benzene rings is 1. The molecule has 20 heavy (non-hydrogen) atoms. The lowest BCUT2D eigenvalue weighted by Gasteiger charge is -2.09. The van der Waals surface area contributed by atoms with Gasteiger partial charge in [-0.3, -0.25) is 4.98 Å². The Morgan fingerprint density at radius 3 is 2.35 bits per heavy atom. The van der Waals surface area contributed by atoms with Gasteiger partial charge in [-0.25, -0.2) is 0 Å². The summed E-state index contributed by atoms with van der Waals surface area (Å²) in [6, 6.07) is 7.13. The van der Waals surface area contributed by atoms with Crippen molar-refractivity contribution in [1.82, 2.24) is 10.3 Å². The van der Waals surface area contributed by atoms with E-state index in [1.54, 1.807) is 12.4 Å². The first-order valence-electron chi connectivity index (χ1n) is 6.23. The van der Waals surface area contributed by atoms with Crippen LogP contribution >= 0.6 is 0 Å². The standard InChI is InChI=1S/C15H15F3N2/c1-11-8-19-7-6-13(11)10-20-9-12-2-4-14(5-3-12)15(16,17)18/h2-8,20H,9-10H2,1H3. The number of nitrogens with zero attached hydrogens (tertiary/aromatic N) is 1. The summed E-state index contributed by atoms with van der Waals surface area (Å²) in [5, 5.41) is 3.21. The number of nitrogens with one attached hydrogen (secondary N) is 1. The summed E-state index contributed by atoms with van der Waals surface area (Å²) in [7, 11) is 0. The van der Waals surface area contributed by atoms with Gasteiger partial charge in [0.25, 0.3) is 0 Å². The van der Waals surface area contributed by atoms with Crippen LogP contribution in [0.15, 0.2) is 42.7 Å². The lowest BCUT2D eigenvalue weighted by atomic mass is 10.1. The number of hydrogen-bond acceptors (Lipinski definition) is 2. The number of aromatic nitrogens is 1. The van der Waals surface area contributed by atoms with Crippen LogP contribution in [-0.2, 0) is 19.3 Å². The fourth-order valence-electron chi connectivity index (χ4n) is 1.85. The van der Waals surface area contributed by atoms with Crippen LogP contribution in [0, 0.1) is 6.92 Å². The molecule has 106 valence electrons. The summed E-state index contributed by atoms with van der Waals surface area (Å²) in [4.78, 5) is 4.01. The zero-order valence-corrected chi connectivity index (χ0v) is 11.0. The van der Waals surface area contributed by atoms with E-state index in [1.807, 2.05) is 13.0 Å². The summed E-state index contributed by atoms with van der Waals surface area (Å²) in [6.07, 6.45) is -0.766. The van der Waals surface area contributed by atoms with Crippen LogP contribution in [0.4, 0.5) is 13.2 Å². The van der Waals surface area contributed by atoms with Crippen LogP contribution in [0.3, 0.4) is 0 Å². The first-order chi connectivity index (χ1) is 9.47. The van der Waals surface area contributed by atoms with E-state index >= 15 is 0 Å². The summed E-state index contributed by atoms with van der Waals surface area (Å²) in [6.45, 7) is 3.16.